The largest absolute Gasteiger partial charge is 0.464 e. The van der Waals surface area contributed by atoms with Crippen molar-refractivity contribution in [3.63, 3.8) is 0 Å². The molecule has 0 aliphatic heterocycles. The van der Waals surface area contributed by atoms with Crippen LogP contribution in [0.3, 0.4) is 0 Å². The van der Waals surface area contributed by atoms with Gasteiger partial charge in [-0.25, -0.2) is 0 Å². The minimum absolute atomic E-state index is 0.387. The zero-order valence-corrected chi connectivity index (χ0v) is 14.8. The summed E-state index contributed by atoms with van der Waals surface area (Å²) in [4.78, 5) is 4.71. The summed E-state index contributed by atoms with van der Waals surface area (Å²) in [5.74, 6) is 4.80. The van der Waals surface area contributed by atoms with Gasteiger partial charge in [-0.15, -0.1) is 0 Å². The van der Waals surface area contributed by atoms with Gasteiger partial charge in [0.1, 0.15) is 0 Å². The maximum atomic E-state index is 4.71. The maximum absolute atomic E-state index is 4.71. The highest BCUT2D eigenvalue weighted by molar-refractivity contribution is 6.53. The zero-order valence-electron chi connectivity index (χ0n) is 13.6. The zero-order chi connectivity index (χ0) is 14.3. The van der Waals surface area contributed by atoms with Crippen molar-refractivity contribution in [1.82, 2.24) is 3.88 Å². The molecule has 104 valence electrons. The van der Waals surface area contributed by atoms with Crippen LogP contribution in [0.1, 0.15) is 54.4 Å². The fourth-order valence-electron chi connectivity index (χ4n) is 2.37. The molecule has 0 aromatic heterocycles. The fraction of sp³-hybridized carbons (Fsp3) is 0.800. The Bertz CT molecular complexity index is 283. The highest BCUT2D eigenvalue weighted by atomic mass is 27.2. The molecule has 0 aliphatic rings. The fourth-order valence-corrected chi connectivity index (χ4v) is 4.49. The van der Waals surface area contributed by atoms with Crippen molar-refractivity contribution in [3.8, 4) is 0 Å². The van der Waals surface area contributed by atoms with Crippen LogP contribution in [0, 0.1) is 0 Å². The molecule has 0 saturated heterocycles. The monoisotopic (exact) mass is 266 g/mol. The predicted molar refractivity (Wildman–Crippen MR) is 85.7 cm³/mol. The molecular weight excluding hydrogens is 235 g/mol. The molecule has 0 radical (unpaired) electrons. The number of allylic oxidation sites excluding steroid dienone is 2. The number of rotatable bonds is 7. The Morgan fingerprint density at radius 1 is 1.11 bits per heavy atom. The molecule has 0 N–H and O–H groups in total. The molecule has 18 heavy (non-hydrogen) atoms. The summed E-state index contributed by atoms with van der Waals surface area (Å²) in [6.45, 7) is 13.3. The Morgan fingerprint density at radius 2 is 1.67 bits per heavy atom. The lowest BCUT2D eigenvalue weighted by atomic mass is 10.2. The van der Waals surface area contributed by atoms with Crippen molar-refractivity contribution in [3.05, 3.63) is 11.8 Å². The first-order valence-electron chi connectivity index (χ1n) is 7.38. The summed E-state index contributed by atoms with van der Waals surface area (Å²) in [5, 5.41) is 0. The standard InChI is InChI=1S/C13H25N2.2CH3.Al/c1-7-12(14-10(3)4)9-13(8-2)15-11(5)6;;;/h9-11H,7-8H2,1-6H3;2*1H3;/q-1;;;+1/b12-9-,15-13?;;;. The molecule has 0 aromatic carbocycles. The topological polar surface area (TPSA) is 15.6 Å². The van der Waals surface area contributed by atoms with Crippen molar-refractivity contribution in [2.75, 3.05) is 0 Å². The van der Waals surface area contributed by atoms with E-state index in [-0.39, 0.29) is 0 Å². The molecule has 0 aliphatic carbocycles. The quantitative estimate of drug-likeness (QED) is 0.489. The summed E-state index contributed by atoms with van der Waals surface area (Å²) >= 11 is -0.814. The summed E-state index contributed by atoms with van der Waals surface area (Å²) in [6, 6.07) is 0.984. The van der Waals surface area contributed by atoms with E-state index in [1.807, 2.05) is 0 Å². The third kappa shape index (κ3) is 6.07. The summed E-state index contributed by atoms with van der Waals surface area (Å²) in [7, 11) is 0. The first kappa shape index (κ1) is 17.7. The highest BCUT2D eigenvalue weighted by Crippen LogP contribution is 2.16. The first-order chi connectivity index (χ1) is 8.33. The van der Waals surface area contributed by atoms with E-state index >= 15 is 0 Å². The molecule has 0 saturated carbocycles. The van der Waals surface area contributed by atoms with Crippen LogP contribution in [0.5, 0.6) is 0 Å². The minimum atomic E-state index is -0.814. The Hall–Kier alpha value is -0.258. The van der Waals surface area contributed by atoms with E-state index < -0.39 is 14.4 Å². The average Bonchev–Trinajstić information content (AvgIpc) is 2.24. The minimum Gasteiger partial charge on any atom is -0.464 e. The lowest BCUT2D eigenvalue weighted by Crippen LogP contribution is -2.39. The van der Waals surface area contributed by atoms with Crippen molar-refractivity contribution in [2.24, 2.45) is 4.99 Å². The first-order valence-corrected chi connectivity index (χ1v) is 10.2. The molecule has 2 nitrogen and oxygen atoms in total. The molecule has 0 rings (SSSR count). The molecule has 0 bridgehead atoms. The van der Waals surface area contributed by atoms with E-state index in [1.165, 1.54) is 11.4 Å². The third-order valence-corrected chi connectivity index (χ3v) is 4.97. The molecule has 0 heterocycles. The number of nitrogens with zero attached hydrogens (tertiary/aromatic N) is 2. The highest BCUT2D eigenvalue weighted by Gasteiger charge is 2.20. The Balaban J connectivity index is 5.26. The van der Waals surface area contributed by atoms with Crippen molar-refractivity contribution >= 4 is 20.1 Å². The van der Waals surface area contributed by atoms with Crippen molar-refractivity contribution in [1.29, 1.82) is 0 Å². The molecule has 0 fully saturated rings. The summed E-state index contributed by atoms with van der Waals surface area (Å²) in [6.07, 6.45) is 4.45. The lowest BCUT2D eigenvalue weighted by molar-refractivity contribution is 0.429. The summed E-state index contributed by atoms with van der Waals surface area (Å²) < 4.78 is 2.63. The molecule has 3 heteroatoms. The smallest absolute Gasteiger partial charge is 0.407 e. The summed E-state index contributed by atoms with van der Waals surface area (Å²) in [5.41, 5.74) is 2.70. The van der Waals surface area contributed by atoms with Crippen LogP contribution in [-0.2, 0) is 0 Å². The van der Waals surface area contributed by atoms with Gasteiger partial charge in [-0.1, -0.05) is 25.4 Å². The van der Waals surface area contributed by atoms with Crippen LogP contribution in [-0.4, -0.2) is 36.0 Å². The molecule has 0 spiro atoms. The van der Waals surface area contributed by atoms with Gasteiger partial charge in [-0.2, -0.15) is 0 Å². The number of hydrogen-bond acceptors (Lipinski definition) is 2. The second kappa shape index (κ2) is 8.78. The van der Waals surface area contributed by atoms with Crippen LogP contribution in [0.25, 0.3) is 0 Å². The van der Waals surface area contributed by atoms with Crippen LogP contribution in [0.15, 0.2) is 16.8 Å². The number of aliphatic imine (C=N–C) groups is 1. The SMILES string of the molecule is CCC(/C=C(/CC)[N](C(C)C)[Al]([CH3])[CH3])=NC(C)C. The van der Waals surface area contributed by atoms with Crippen LogP contribution in [0.4, 0.5) is 0 Å². The van der Waals surface area contributed by atoms with Gasteiger partial charge in [0.15, 0.2) is 0 Å². The Labute approximate surface area is 119 Å². The Kier molecular flexibility index (Phi) is 8.65. The van der Waals surface area contributed by atoms with Crippen LogP contribution >= 0.6 is 0 Å². The Morgan fingerprint density at radius 3 is 1.94 bits per heavy atom. The van der Waals surface area contributed by atoms with E-state index in [1.54, 1.807) is 0 Å². The molecule has 0 aromatic rings. The van der Waals surface area contributed by atoms with Crippen LogP contribution < -0.4 is 0 Å². The van der Waals surface area contributed by atoms with Gasteiger partial charge in [-0.05, 0) is 58.4 Å². The molecule has 0 unspecified atom stereocenters. The molecule has 0 amide bonds. The van der Waals surface area contributed by atoms with Gasteiger partial charge < -0.3 is 3.88 Å². The van der Waals surface area contributed by atoms with E-state index in [4.69, 9.17) is 4.99 Å². The third-order valence-electron chi connectivity index (χ3n) is 2.93. The molecule has 0 atom stereocenters. The van der Waals surface area contributed by atoms with Crippen LogP contribution in [0.2, 0.25) is 11.6 Å². The van der Waals surface area contributed by atoms with Gasteiger partial charge >= 0.3 is 14.4 Å². The van der Waals surface area contributed by atoms with Crippen molar-refractivity contribution in [2.45, 2.75) is 78.0 Å². The number of hydrogen-bond donors (Lipinski definition) is 0. The van der Waals surface area contributed by atoms with E-state index in [9.17, 15) is 0 Å². The van der Waals surface area contributed by atoms with Gasteiger partial charge in [-0.3, -0.25) is 4.99 Å². The van der Waals surface area contributed by atoms with Gasteiger partial charge in [0.2, 0.25) is 0 Å². The van der Waals surface area contributed by atoms with Gasteiger partial charge in [0, 0.05) is 11.8 Å². The normalized spacial score (nSPS) is 13.4. The molecular formula is C15H31AlN2. The second-order valence-corrected chi connectivity index (χ2v) is 8.40. The van der Waals surface area contributed by atoms with E-state index in [0.29, 0.717) is 12.1 Å². The van der Waals surface area contributed by atoms with Gasteiger partial charge in [0.25, 0.3) is 0 Å². The van der Waals surface area contributed by atoms with E-state index in [0.717, 1.165) is 12.8 Å². The second-order valence-electron chi connectivity index (χ2n) is 5.65. The maximum Gasteiger partial charge on any atom is 0.407 e. The van der Waals surface area contributed by atoms with E-state index in [2.05, 4.69) is 63.1 Å². The van der Waals surface area contributed by atoms with Gasteiger partial charge in [0.05, 0.1) is 0 Å². The lowest BCUT2D eigenvalue weighted by Gasteiger charge is -2.34. The predicted octanol–water partition coefficient (Wildman–Crippen LogP) is 4.50. The van der Waals surface area contributed by atoms with Crippen molar-refractivity contribution < 1.29 is 0 Å². The average molecular weight is 266 g/mol.